The zero-order valence-electron chi connectivity index (χ0n) is 20.6. The molecule has 0 aromatic heterocycles. The first-order chi connectivity index (χ1) is 18.3. The van der Waals surface area contributed by atoms with Crippen molar-refractivity contribution in [2.75, 3.05) is 10.8 Å². The predicted octanol–water partition coefficient (Wildman–Crippen LogP) is 5.57. The summed E-state index contributed by atoms with van der Waals surface area (Å²) in [5.74, 6) is 0.0910. The van der Waals surface area contributed by atoms with Gasteiger partial charge in [-0.3, -0.25) is 9.10 Å². The number of nitrogens with one attached hydrogen (secondary N) is 1. The van der Waals surface area contributed by atoms with E-state index in [0.29, 0.717) is 17.4 Å². The molecule has 0 saturated heterocycles. The van der Waals surface area contributed by atoms with Gasteiger partial charge in [0.15, 0.2) is 0 Å². The number of amides is 1. The fourth-order valence-corrected chi connectivity index (χ4v) is 5.12. The number of carbonyl (C=O) groups excluding carboxylic acids is 1. The van der Waals surface area contributed by atoms with Gasteiger partial charge in [0.25, 0.3) is 15.9 Å². The van der Waals surface area contributed by atoms with Crippen LogP contribution in [-0.2, 0) is 21.4 Å². The summed E-state index contributed by atoms with van der Waals surface area (Å²) in [5, 5.41) is 4.33. The molecule has 1 amide bonds. The van der Waals surface area contributed by atoms with Gasteiger partial charge in [-0.05, 0) is 72.6 Å². The Labute approximate surface area is 227 Å². The fourth-order valence-electron chi connectivity index (χ4n) is 3.52. The summed E-state index contributed by atoms with van der Waals surface area (Å²) in [4.78, 5) is 12.8. The van der Waals surface area contributed by atoms with Crippen LogP contribution < -0.4 is 14.5 Å². The molecule has 0 aliphatic rings. The molecule has 4 aromatic rings. The number of carbonyl (C=O) groups is 1. The number of halogens is 1. The van der Waals surface area contributed by atoms with Crippen molar-refractivity contribution in [2.24, 2.45) is 5.10 Å². The first kappa shape index (κ1) is 26.9. The average molecular weight is 548 g/mol. The minimum Gasteiger partial charge on any atom is -0.489 e. The number of aryl methyl sites for hydroxylation is 1. The molecule has 0 aliphatic heterocycles. The highest BCUT2D eigenvalue weighted by Crippen LogP contribution is 2.26. The van der Waals surface area contributed by atoms with Gasteiger partial charge < -0.3 is 4.74 Å². The smallest absolute Gasteiger partial charge is 0.264 e. The van der Waals surface area contributed by atoms with Crippen molar-refractivity contribution in [2.45, 2.75) is 18.4 Å². The van der Waals surface area contributed by atoms with E-state index in [-0.39, 0.29) is 10.6 Å². The quantitative estimate of drug-likeness (QED) is 0.207. The molecule has 0 atom stereocenters. The Balaban J connectivity index is 1.41. The number of ether oxygens (including phenoxy) is 1. The molecule has 0 fully saturated rings. The van der Waals surface area contributed by atoms with E-state index < -0.39 is 22.5 Å². The maximum atomic E-state index is 13.4. The van der Waals surface area contributed by atoms with Crippen molar-refractivity contribution in [3.63, 3.8) is 0 Å². The second kappa shape index (κ2) is 12.4. The largest absolute Gasteiger partial charge is 0.489 e. The number of hydrogen-bond acceptors (Lipinski definition) is 5. The van der Waals surface area contributed by atoms with Crippen molar-refractivity contribution in [3.8, 4) is 5.75 Å². The molecular weight excluding hydrogens is 522 g/mol. The minimum absolute atomic E-state index is 0.0638. The third kappa shape index (κ3) is 7.21. The second-order valence-electron chi connectivity index (χ2n) is 8.44. The van der Waals surface area contributed by atoms with E-state index in [4.69, 9.17) is 16.3 Å². The van der Waals surface area contributed by atoms with Crippen LogP contribution in [0.25, 0.3) is 0 Å². The van der Waals surface area contributed by atoms with Crippen molar-refractivity contribution in [1.29, 1.82) is 0 Å². The fraction of sp³-hybridized carbons (Fsp3) is 0.103. The summed E-state index contributed by atoms with van der Waals surface area (Å²) in [6, 6.07) is 29.8. The summed E-state index contributed by atoms with van der Waals surface area (Å²) in [7, 11) is -4.04. The van der Waals surface area contributed by atoms with Crippen LogP contribution >= 0.6 is 11.6 Å². The van der Waals surface area contributed by atoms with Gasteiger partial charge in [-0.25, -0.2) is 13.8 Å². The van der Waals surface area contributed by atoms with E-state index in [1.807, 2.05) is 37.3 Å². The Morgan fingerprint density at radius 1 is 0.947 bits per heavy atom. The molecule has 0 saturated carbocycles. The van der Waals surface area contributed by atoms with Gasteiger partial charge in [0.05, 0.1) is 16.8 Å². The SMILES string of the molecule is Cc1ccc(S(=O)(=O)N(CC(=O)N/N=C\c2ccc(OCc3ccccc3)cc2)c2cccc(Cl)c2)cc1. The van der Waals surface area contributed by atoms with Crippen molar-refractivity contribution >= 4 is 39.4 Å². The van der Waals surface area contributed by atoms with Crippen LogP contribution in [0, 0.1) is 6.92 Å². The van der Waals surface area contributed by atoms with Gasteiger partial charge in [0.2, 0.25) is 0 Å². The van der Waals surface area contributed by atoms with Crippen molar-refractivity contribution < 1.29 is 17.9 Å². The average Bonchev–Trinajstić information content (AvgIpc) is 2.92. The molecule has 0 heterocycles. The lowest BCUT2D eigenvalue weighted by Gasteiger charge is -2.24. The molecule has 38 heavy (non-hydrogen) atoms. The van der Waals surface area contributed by atoms with Crippen molar-refractivity contribution in [1.82, 2.24) is 5.43 Å². The number of hydrogen-bond donors (Lipinski definition) is 1. The highest BCUT2D eigenvalue weighted by molar-refractivity contribution is 7.92. The van der Waals surface area contributed by atoms with E-state index in [1.54, 1.807) is 54.6 Å². The maximum Gasteiger partial charge on any atom is 0.264 e. The van der Waals surface area contributed by atoms with E-state index in [2.05, 4.69) is 10.5 Å². The molecule has 4 rings (SSSR count). The van der Waals surface area contributed by atoms with Crippen LogP contribution in [0.5, 0.6) is 5.75 Å². The summed E-state index contributed by atoms with van der Waals surface area (Å²) in [6.45, 7) is 1.83. The number of hydrazone groups is 1. The molecule has 0 radical (unpaired) electrons. The Bertz CT molecular complexity index is 1510. The lowest BCUT2D eigenvalue weighted by molar-refractivity contribution is -0.119. The summed E-state index contributed by atoms with van der Waals surface area (Å²) >= 11 is 6.10. The number of benzene rings is 4. The lowest BCUT2D eigenvalue weighted by atomic mass is 10.2. The Hall–Kier alpha value is -4.14. The van der Waals surface area contributed by atoms with Crippen LogP contribution in [0.4, 0.5) is 5.69 Å². The Kier molecular flexibility index (Phi) is 8.78. The van der Waals surface area contributed by atoms with Crippen molar-refractivity contribution in [3.05, 3.63) is 125 Å². The topological polar surface area (TPSA) is 88.1 Å². The Morgan fingerprint density at radius 3 is 2.34 bits per heavy atom. The maximum absolute atomic E-state index is 13.4. The highest BCUT2D eigenvalue weighted by atomic mass is 35.5. The molecule has 1 N–H and O–H groups in total. The zero-order chi connectivity index (χ0) is 27.0. The molecule has 0 aliphatic carbocycles. The van der Waals surface area contributed by atoms with Gasteiger partial charge in [-0.15, -0.1) is 0 Å². The molecule has 194 valence electrons. The van der Waals surface area contributed by atoms with Crippen LogP contribution in [0.1, 0.15) is 16.7 Å². The molecule has 9 heteroatoms. The lowest BCUT2D eigenvalue weighted by Crippen LogP contribution is -2.39. The van der Waals surface area contributed by atoms with E-state index in [9.17, 15) is 13.2 Å². The van der Waals surface area contributed by atoms with Gasteiger partial charge in [-0.2, -0.15) is 5.10 Å². The number of nitrogens with zero attached hydrogens (tertiary/aromatic N) is 2. The zero-order valence-corrected chi connectivity index (χ0v) is 22.2. The summed E-state index contributed by atoms with van der Waals surface area (Å²) < 4.78 is 33.6. The second-order valence-corrected chi connectivity index (χ2v) is 10.7. The summed E-state index contributed by atoms with van der Waals surface area (Å²) in [5.41, 5.74) is 5.38. The molecule has 0 spiro atoms. The third-order valence-electron chi connectivity index (χ3n) is 5.52. The monoisotopic (exact) mass is 547 g/mol. The van der Waals surface area contributed by atoms with E-state index in [0.717, 1.165) is 21.0 Å². The van der Waals surface area contributed by atoms with Crippen LogP contribution in [0.15, 0.2) is 113 Å². The minimum atomic E-state index is -4.04. The highest BCUT2D eigenvalue weighted by Gasteiger charge is 2.27. The number of anilines is 1. The third-order valence-corrected chi connectivity index (χ3v) is 7.55. The first-order valence-electron chi connectivity index (χ1n) is 11.7. The predicted molar refractivity (Wildman–Crippen MR) is 150 cm³/mol. The normalized spacial score (nSPS) is 11.3. The van der Waals surface area contributed by atoms with E-state index >= 15 is 0 Å². The van der Waals surface area contributed by atoms with Gasteiger partial charge in [0.1, 0.15) is 18.9 Å². The molecule has 0 bridgehead atoms. The van der Waals surface area contributed by atoms with Crippen LogP contribution in [0.3, 0.4) is 0 Å². The summed E-state index contributed by atoms with van der Waals surface area (Å²) in [6.07, 6.45) is 1.47. The van der Waals surface area contributed by atoms with Gasteiger partial charge in [-0.1, -0.05) is 65.7 Å². The standard InChI is InChI=1S/C29H26ClN3O4S/c1-22-10-16-28(17-11-22)38(35,36)33(26-9-5-8-25(30)18-26)20-29(34)32-31-19-23-12-14-27(15-13-23)37-21-24-6-3-2-4-7-24/h2-19H,20-21H2,1H3,(H,32,34)/b31-19-. The van der Waals surface area contributed by atoms with Crippen LogP contribution in [0.2, 0.25) is 5.02 Å². The molecular formula is C29H26ClN3O4S. The molecule has 7 nitrogen and oxygen atoms in total. The Morgan fingerprint density at radius 2 is 1.66 bits per heavy atom. The van der Waals surface area contributed by atoms with Gasteiger partial charge >= 0.3 is 0 Å². The van der Waals surface area contributed by atoms with Gasteiger partial charge in [0, 0.05) is 5.02 Å². The number of sulfonamides is 1. The van der Waals surface area contributed by atoms with E-state index in [1.165, 1.54) is 24.4 Å². The van der Waals surface area contributed by atoms with Crippen LogP contribution in [-0.4, -0.2) is 27.1 Å². The first-order valence-corrected chi connectivity index (χ1v) is 13.6. The number of rotatable bonds is 10. The molecule has 4 aromatic carbocycles. The molecule has 0 unspecified atom stereocenters.